The quantitative estimate of drug-likeness (QED) is 0.160. The van der Waals surface area contributed by atoms with Crippen molar-refractivity contribution in [2.24, 2.45) is 11.7 Å². The molecule has 0 aromatic carbocycles. The molecule has 0 spiro atoms. The minimum atomic E-state index is -1.50. The van der Waals surface area contributed by atoms with Crippen molar-refractivity contribution >= 4 is 0 Å². The summed E-state index contributed by atoms with van der Waals surface area (Å²) in [5.41, 5.74) is 0. The van der Waals surface area contributed by atoms with Crippen LogP contribution in [0.25, 0.3) is 0 Å². The van der Waals surface area contributed by atoms with E-state index in [4.69, 9.17) is 30.6 Å². The maximum atomic E-state index is 8.36. The van der Waals surface area contributed by atoms with Crippen LogP contribution in [0.5, 0.6) is 0 Å². The first-order valence-electron chi connectivity index (χ1n) is 1.46. The Hall–Kier alpha value is -1.72. The van der Waals surface area contributed by atoms with Crippen molar-refractivity contribution in [2.45, 2.75) is 0 Å². The first kappa shape index (κ1) is 22.8. The Morgan fingerprint density at radius 2 is 1.00 bits per heavy atom. The van der Waals surface area contributed by atoms with Crippen molar-refractivity contribution in [1.82, 2.24) is 6.15 Å². The summed E-state index contributed by atoms with van der Waals surface area (Å²) < 4.78 is 0. The Kier molecular flexibility index (Phi) is 49.7. The lowest BCUT2D eigenvalue weighted by Gasteiger charge is -1.56. The summed E-state index contributed by atoms with van der Waals surface area (Å²) in [5.74, 6) is 8.00. The van der Waals surface area contributed by atoms with Crippen molar-refractivity contribution in [3.05, 3.63) is 20.2 Å². The van der Waals surface area contributed by atoms with Crippen molar-refractivity contribution < 1.29 is 20.6 Å². The lowest BCUT2D eigenvalue weighted by molar-refractivity contribution is -0.742. The second-order valence-corrected chi connectivity index (χ2v) is 0.476. The zero-order chi connectivity index (χ0) is 9.15. The van der Waals surface area contributed by atoms with E-state index in [-0.39, 0.29) is 6.15 Å². The molecule has 0 aliphatic heterocycles. The highest BCUT2D eigenvalue weighted by Gasteiger charge is 1.65. The van der Waals surface area contributed by atoms with Gasteiger partial charge in [-0.2, -0.15) is 0 Å². The average molecular weight is 175 g/mol. The van der Waals surface area contributed by atoms with Crippen molar-refractivity contribution in [3.8, 4) is 0 Å². The second kappa shape index (κ2) is 24.0. The van der Waals surface area contributed by atoms with Gasteiger partial charge in [-0.1, -0.05) is 0 Å². The first-order chi connectivity index (χ1) is 4.46. The molecule has 11 nitrogen and oxygen atoms in total. The van der Waals surface area contributed by atoms with E-state index in [0.29, 0.717) is 0 Å². The van der Waals surface area contributed by atoms with Gasteiger partial charge in [0.1, 0.15) is 0 Å². The Balaban J connectivity index is -0.0000000339. The molecule has 0 radical (unpaired) electrons. The fourth-order valence-electron chi connectivity index (χ4n) is 0. The molecule has 0 atom stereocenters. The van der Waals surface area contributed by atoms with E-state index in [1.807, 2.05) is 0 Å². The third-order valence-electron chi connectivity index (χ3n) is 0. The zero-order valence-electron chi connectivity index (χ0n) is 5.28. The summed E-state index contributed by atoms with van der Waals surface area (Å²) in [6.07, 6.45) is 0. The van der Waals surface area contributed by atoms with E-state index >= 15 is 0 Å². The van der Waals surface area contributed by atoms with E-state index in [2.05, 4.69) is 11.7 Å². The van der Waals surface area contributed by atoms with Crippen LogP contribution in [0.4, 0.5) is 0 Å². The number of rotatable bonds is 0. The van der Waals surface area contributed by atoms with E-state index in [1.54, 1.807) is 0 Å². The van der Waals surface area contributed by atoms with E-state index in [1.165, 1.54) is 0 Å². The lowest BCUT2D eigenvalue weighted by atomic mass is 13.0. The normalized spacial score (nSPS) is 4.91. The summed E-state index contributed by atoms with van der Waals surface area (Å²) >= 11 is 0. The molecular formula is H9N5O6. The highest BCUT2D eigenvalue weighted by molar-refractivity contribution is 3.83. The van der Waals surface area contributed by atoms with Gasteiger partial charge < -0.3 is 16.6 Å². The molecule has 70 valence electrons. The molecule has 0 amide bonds. The van der Waals surface area contributed by atoms with Gasteiger partial charge >= 0.3 is 0 Å². The van der Waals surface area contributed by atoms with E-state index < -0.39 is 10.2 Å². The van der Waals surface area contributed by atoms with Gasteiger partial charge in [-0.3, -0.25) is 11.7 Å². The number of nitrogens with zero attached hydrogens (tertiary/aromatic N) is 2. The van der Waals surface area contributed by atoms with Gasteiger partial charge in [0.05, 0.1) is 0 Å². The number of hydrogen-bond acceptors (Lipinski definition) is 7. The van der Waals surface area contributed by atoms with Crippen molar-refractivity contribution in [3.63, 3.8) is 0 Å². The molecule has 0 aromatic rings. The fourth-order valence-corrected chi connectivity index (χ4v) is 0. The largest absolute Gasteiger partial charge is 0.344 e. The molecule has 0 aliphatic carbocycles. The molecular weight excluding hydrogens is 166 g/mol. The Morgan fingerprint density at radius 3 is 1.00 bits per heavy atom. The first-order valence-corrected chi connectivity index (χ1v) is 1.46. The molecule has 11 heteroatoms. The standard InChI is InChI=1S/H4N2.2HNO3.H3N/c1-2;2*2-1(3)4;/h1-2H2;2*(H,2,3,4);1H3. The Bertz CT molecular complexity index is 69.0. The molecule has 0 unspecified atom stereocenters. The summed E-state index contributed by atoms with van der Waals surface area (Å²) in [6, 6.07) is 0. The SMILES string of the molecule is N.NN.O=[N+]([O-])O.O=[N+]([O-])O. The maximum absolute atomic E-state index is 8.36. The Labute approximate surface area is 60.0 Å². The number of nitrogens with two attached hydrogens (primary N) is 2. The summed E-state index contributed by atoms with van der Waals surface area (Å²) in [5, 5.41) is 27.3. The third-order valence-corrected chi connectivity index (χ3v) is 0. The number of hydrogen-bond donors (Lipinski definition) is 5. The number of hydrazine groups is 1. The molecule has 0 aliphatic rings. The Morgan fingerprint density at radius 1 is 1.00 bits per heavy atom. The predicted octanol–water partition coefficient (Wildman–Crippen LogP) is -1.71. The van der Waals surface area contributed by atoms with Gasteiger partial charge in [0.25, 0.3) is 10.2 Å². The van der Waals surface area contributed by atoms with Gasteiger partial charge in [0, 0.05) is 0 Å². The fraction of sp³-hybridized carbons (Fsp3) is 0. The van der Waals surface area contributed by atoms with Crippen molar-refractivity contribution in [1.29, 1.82) is 0 Å². The van der Waals surface area contributed by atoms with E-state index in [0.717, 1.165) is 0 Å². The maximum Gasteiger partial charge on any atom is 0.291 e. The monoisotopic (exact) mass is 175 g/mol. The summed E-state index contributed by atoms with van der Waals surface area (Å²) in [6.45, 7) is 0. The molecule has 0 bridgehead atoms. The molecule has 0 saturated carbocycles. The van der Waals surface area contributed by atoms with Gasteiger partial charge in [0.15, 0.2) is 0 Å². The topological polar surface area (TPSA) is 214 Å². The predicted molar refractivity (Wildman–Crippen MR) is 31.0 cm³/mol. The molecule has 11 heavy (non-hydrogen) atoms. The summed E-state index contributed by atoms with van der Waals surface area (Å²) in [4.78, 5) is 16.7. The smallest absolute Gasteiger partial charge is 0.291 e. The minimum Gasteiger partial charge on any atom is -0.344 e. The van der Waals surface area contributed by atoms with Gasteiger partial charge in [0.2, 0.25) is 0 Å². The third kappa shape index (κ3) is 110. The van der Waals surface area contributed by atoms with Gasteiger partial charge in [-0.15, -0.1) is 20.2 Å². The van der Waals surface area contributed by atoms with Crippen LogP contribution in [0.1, 0.15) is 0 Å². The highest BCUT2D eigenvalue weighted by Crippen LogP contribution is 1.38. The van der Waals surface area contributed by atoms with Crippen LogP contribution in [0.15, 0.2) is 0 Å². The van der Waals surface area contributed by atoms with Crippen LogP contribution in [0.3, 0.4) is 0 Å². The van der Waals surface area contributed by atoms with Gasteiger partial charge in [-0.05, 0) is 0 Å². The molecule has 0 fully saturated rings. The molecule has 0 rings (SSSR count). The highest BCUT2D eigenvalue weighted by atomic mass is 16.9. The lowest BCUT2D eigenvalue weighted by Crippen LogP contribution is -2.02. The van der Waals surface area contributed by atoms with E-state index in [9.17, 15) is 0 Å². The molecule has 9 N–H and O–H groups in total. The molecule has 0 heterocycles. The van der Waals surface area contributed by atoms with Crippen LogP contribution in [0, 0.1) is 20.2 Å². The average Bonchev–Trinajstić information content (AvgIpc) is 1.66. The van der Waals surface area contributed by atoms with Crippen LogP contribution in [-0.4, -0.2) is 20.6 Å². The molecule has 0 saturated heterocycles. The minimum absolute atomic E-state index is 0. The van der Waals surface area contributed by atoms with Gasteiger partial charge in [-0.25, -0.2) is 0 Å². The zero-order valence-corrected chi connectivity index (χ0v) is 5.28. The van der Waals surface area contributed by atoms with Crippen LogP contribution < -0.4 is 17.8 Å². The van der Waals surface area contributed by atoms with Crippen LogP contribution >= 0.6 is 0 Å². The van der Waals surface area contributed by atoms with Crippen LogP contribution in [0.2, 0.25) is 0 Å². The second-order valence-electron chi connectivity index (χ2n) is 0.476. The molecule has 0 aromatic heterocycles. The summed E-state index contributed by atoms with van der Waals surface area (Å²) in [7, 11) is 0. The van der Waals surface area contributed by atoms with Crippen molar-refractivity contribution in [2.75, 3.05) is 0 Å². The van der Waals surface area contributed by atoms with Crippen LogP contribution in [-0.2, 0) is 0 Å².